The van der Waals surface area contributed by atoms with Crippen molar-refractivity contribution in [2.24, 2.45) is 5.73 Å². The second-order valence-corrected chi connectivity index (χ2v) is 5.12. The van der Waals surface area contributed by atoms with Crippen LogP contribution >= 0.6 is 0 Å². The molecule has 0 spiro atoms. The second-order valence-electron chi connectivity index (χ2n) is 5.12. The van der Waals surface area contributed by atoms with E-state index in [4.69, 9.17) is 15.2 Å². The lowest BCUT2D eigenvalue weighted by molar-refractivity contribution is -0.130. The fourth-order valence-electron chi connectivity index (χ4n) is 1.96. The smallest absolute Gasteiger partial charge is 0.246 e. The number of nitrogens with two attached hydrogens (primary N) is 1. The van der Waals surface area contributed by atoms with Gasteiger partial charge in [0.25, 0.3) is 0 Å². The van der Waals surface area contributed by atoms with Gasteiger partial charge in [-0.15, -0.1) is 0 Å². The van der Waals surface area contributed by atoms with Crippen molar-refractivity contribution in [3.05, 3.63) is 0 Å². The van der Waals surface area contributed by atoms with Gasteiger partial charge in [-0.1, -0.05) is 45.4 Å². The number of nitrogens with one attached hydrogen (secondary N) is 1. The van der Waals surface area contributed by atoms with Gasteiger partial charge in [-0.3, -0.25) is 9.59 Å². The summed E-state index contributed by atoms with van der Waals surface area (Å²) in [4.78, 5) is 22.9. The van der Waals surface area contributed by atoms with E-state index in [0.29, 0.717) is 19.6 Å². The number of primary amides is 1. The lowest BCUT2D eigenvalue weighted by atomic mass is 10.1. The Kier molecular flexibility index (Phi) is 13.1. The fraction of sp³-hybridized carbons (Fsp3) is 0.867. The van der Waals surface area contributed by atoms with Crippen LogP contribution < -0.4 is 11.1 Å². The molecule has 2 amide bonds. The Balaban J connectivity index is 3.80. The molecule has 3 N–H and O–H groups in total. The van der Waals surface area contributed by atoms with Crippen LogP contribution in [0.4, 0.5) is 0 Å². The van der Waals surface area contributed by atoms with E-state index in [1.807, 2.05) is 0 Å². The number of rotatable bonds is 14. The first-order valence-corrected chi connectivity index (χ1v) is 7.77. The maximum atomic E-state index is 11.6. The maximum Gasteiger partial charge on any atom is 0.246 e. The van der Waals surface area contributed by atoms with E-state index >= 15 is 0 Å². The van der Waals surface area contributed by atoms with Crippen LogP contribution in [0.15, 0.2) is 0 Å². The minimum atomic E-state index is -0.602. The molecule has 0 aliphatic heterocycles. The third-order valence-corrected chi connectivity index (χ3v) is 3.19. The monoisotopic (exact) mass is 302 g/mol. The Morgan fingerprint density at radius 3 is 2.38 bits per heavy atom. The molecule has 0 saturated heterocycles. The molecule has 21 heavy (non-hydrogen) atoms. The number of hydrogen-bond donors (Lipinski definition) is 2. The van der Waals surface area contributed by atoms with Crippen LogP contribution in [0.3, 0.4) is 0 Å². The van der Waals surface area contributed by atoms with Crippen molar-refractivity contribution >= 4 is 11.8 Å². The number of amides is 2. The molecule has 0 bridgehead atoms. The van der Waals surface area contributed by atoms with Gasteiger partial charge in [-0.25, -0.2) is 0 Å². The van der Waals surface area contributed by atoms with E-state index in [9.17, 15) is 9.59 Å². The SMILES string of the molecule is CCCCCCCC[C@@H](NC(=O)COCCOC)C(N)=O. The van der Waals surface area contributed by atoms with E-state index in [1.54, 1.807) is 7.11 Å². The molecule has 0 rings (SSSR count). The number of carbonyl (C=O) groups is 2. The van der Waals surface area contributed by atoms with E-state index < -0.39 is 11.9 Å². The van der Waals surface area contributed by atoms with Crippen molar-refractivity contribution in [3.8, 4) is 0 Å². The maximum absolute atomic E-state index is 11.6. The van der Waals surface area contributed by atoms with Crippen molar-refractivity contribution < 1.29 is 19.1 Å². The minimum Gasteiger partial charge on any atom is -0.382 e. The summed E-state index contributed by atoms with van der Waals surface area (Å²) in [6, 6.07) is -0.602. The Hall–Kier alpha value is -1.14. The summed E-state index contributed by atoms with van der Waals surface area (Å²) in [5, 5.41) is 2.62. The molecule has 0 aromatic heterocycles. The van der Waals surface area contributed by atoms with Crippen molar-refractivity contribution in [3.63, 3.8) is 0 Å². The molecule has 0 fully saturated rings. The van der Waals surface area contributed by atoms with Crippen LogP contribution in [-0.4, -0.2) is 44.8 Å². The minimum absolute atomic E-state index is 0.0797. The van der Waals surface area contributed by atoms with Crippen LogP contribution in [-0.2, 0) is 19.1 Å². The van der Waals surface area contributed by atoms with Gasteiger partial charge in [0, 0.05) is 7.11 Å². The predicted molar refractivity (Wildman–Crippen MR) is 81.8 cm³/mol. The second kappa shape index (κ2) is 13.8. The zero-order valence-electron chi connectivity index (χ0n) is 13.4. The zero-order chi connectivity index (χ0) is 15.9. The summed E-state index contributed by atoms with van der Waals surface area (Å²) in [5.74, 6) is -0.810. The highest BCUT2D eigenvalue weighted by atomic mass is 16.5. The lowest BCUT2D eigenvalue weighted by Gasteiger charge is -2.15. The van der Waals surface area contributed by atoms with Gasteiger partial charge >= 0.3 is 0 Å². The van der Waals surface area contributed by atoms with Crippen LogP contribution in [0.1, 0.15) is 51.9 Å². The molecule has 0 heterocycles. The normalized spacial score (nSPS) is 12.1. The van der Waals surface area contributed by atoms with E-state index in [2.05, 4.69) is 12.2 Å². The standard InChI is InChI=1S/C15H30N2O4/c1-3-4-5-6-7-8-9-13(15(16)19)17-14(18)12-21-11-10-20-2/h13H,3-12H2,1-2H3,(H2,16,19)(H,17,18)/t13-/m1/s1. The predicted octanol–water partition coefficient (Wildman–Crippen LogP) is 1.37. The number of ether oxygens (including phenoxy) is 2. The summed E-state index contributed by atoms with van der Waals surface area (Å²) in [6.45, 7) is 2.88. The Bertz CT molecular complexity index is 285. The van der Waals surface area contributed by atoms with Crippen molar-refractivity contribution in [1.82, 2.24) is 5.32 Å². The van der Waals surface area contributed by atoms with Crippen molar-refractivity contribution in [2.75, 3.05) is 26.9 Å². The summed E-state index contributed by atoms with van der Waals surface area (Å²) >= 11 is 0. The molecule has 1 atom stereocenters. The molecule has 0 aromatic rings. The molecule has 0 aromatic carbocycles. The van der Waals surface area contributed by atoms with Crippen LogP contribution in [0, 0.1) is 0 Å². The average molecular weight is 302 g/mol. The van der Waals surface area contributed by atoms with E-state index in [0.717, 1.165) is 19.3 Å². The van der Waals surface area contributed by atoms with Gasteiger partial charge < -0.3 is 20.5 Å². The molecule has 124 valence electrons. The van der Waals surface area contributed by atoms with Gasteiger partial charge in [0.1, 0.15) is 12.6 Å². The summed E-state index contributed by atoms with van der Waals surface area (Å²) in [6.07, 6.45) is 7.38. The Morgan fingerprint density at radius 2 is 1.76 bits per heavy atom. The highest BCUT2D eigenvalue weighted by Crippen LogP contribution is 2.08. The molecule has 6 heteroatoms. The van der Waals surface area contributed by atoms with Crippen molar-refractivity contribution in [1.29, 1.82) is 0 Å². The fourth-order valence-corrected chi connectivity index (χ4v) is 1.96. The van der Waals surface area contributed by atoms with Gasteiger partial charge in [0.2, 0.25) is 11.8 Å². The lowest BCUT2D eigenvalue weighted by Crippen LogP contribution is -2.45. The van der Waals surface area contributed by atoms with Crippen LogP contribution in [0.25, 0.3) is 0 Å². The molecule has 0 saturated carbocycles. The Morgan fingerprint density at radius 1 is 1.10 bits per heavy atom. The van der Waals surface area contributed by atoms with Gasteiger partial charge in [-0.2, -0.15) is 0 Å². The van der Waals surface area contributed by atoms with Crippen molar-refractivity contribution in [2.45, 2.75) is 57.9 Å². The molecule has 6 nitrogen and oxygen atoms in total. The zero-order valence-corrected chi connectivity index (χ0v) is 13.4. The van der Waals surface area contributed by atoms with Crippen LogP contribution in [0.5, 0.6) is 0 Å². The summed E-state index contributed by atoms with van der Waals surface area (Å²) in [7, 11) is 1.56. The average Bonchev–Trinajstić information content (AvgIpc) is 2.45. The molecular formula is C15H30N2O4. The third-order valence-electron chi connectivity index (χ3n) is 3.19. The third kappa shape index (κ3) is 12.3. The topological polar surface area (TPSA) is 90.7 Å². The van der Waals surface area contributed by atoms with E-state index in [1.165, 1.54) is 19.3 Å². The van der Waals surface area contributed by atoms with Gasteiger partial charge in [0.15, 0.2) is 0 Å². The molecular weight excluding hydrogens is 272 g/mol. The molecule has 0 radical (unpaired) electrons. The van der Waals surface area contributed by atoms with Crippen LogP contribution in [0.2, 0.25) is 0 Å². The number of unbranched alkanes of at least 4 members (excludes halogenated alkanes) is 5. The number of carbonyl (C=O) groups excluding carboxylic acids is 2. The van der Waals surface area contributed by atoms with Gasteiger partial charge in [0.05, 0.1) is 13.2 Å². The van der Waals surface area contributed by atoms with E-state index in [-0.39, 0.29) is 12.5 Å². The largest absolute Gasteiger partial charge is 0.382 e. The first kappa shape index (κ1) is 19.9. The first-order valence-electron chi connectivity index (χ1n) is 7.77. The highest BCUT2D eigenvalue weighted by Gasteiger charge is 2.17. The Labute approximate surface area is 127 Å². The number of methoxy groups -OCH3 is 1. The molecule has 0 aliphatic carbocycles. The summed E-state index contributed by atoms with van der Waals surface area (Å²) < 4.78 is 9.90. The first-order chi connectivity index (χ1) is 10.1. The molecule has 0 unspecified atom stereocenters. The van der Waals surface area contributed by atoms with Gasteiger partial charge in [-0.05, 0) is 6.42 Å². The quantitative estimate of drug-likeness (QED) is 0.474. The number of hydrogen-bond acceptors (Lipinski definition) is 4. The molecule has 0 aliphatic rings. The highest BCUT2D eigenvalue weighted by molar-refractivity contribution is 5.86. The summed E-state index contributed by atoms with van der Waals surface area (Å²) in [5.41, 5.74) is 5.31.